The Morgan fingerprint density at radius 2 is 1.87 bits per heavy atom. The van der Waals surface area contributed by atoms with E-state index in [0.717, 1.165) is 23.0 Å². The Hall–Kier alpha value is -3.12. The fourth-order valence-corrected chi connectivity index (χ4v) is 4.27. The third kappa shape index (κ3) is 4.49. The second-order valence-corrected chi connectivity index (χ2v) is 8.09. The van der Waals surface area contributed by atoms with Gasteiger partial charge in [-0.15, -0.1) is 0 Å². The molecule has 0 aliphatic heterocycles. The van der Waals surface area contributed by atoms with Gasteiger partial charge in [0.1, 0.15) is 5.75 Å². The minimum atomic E-state index is -0.314. The first-order valence-corrected chi connectivity index (χ1v) is 11.1. The largest absolute Gasteiger partial charge is 0.483 e. The quantitative estimate of drug-likeness (QED) is 0.275. The van der Waals surface area contributed by atoms with Gasteiger partial charge in [0.25, 0.3) is 5.91 Å². The number of aryl methyl sites for hydroxylation is 2. The average molecular weight is 478 g/mol. The van der Waals surface area contributed by atoms with Crippen LogP contribution in [0.2, 0.25) is 0 Å². The van der Waals surface area contributed by atoms with Gasteiger partial charge in [-0.25, -0.2) is 5.43 Å². The molecule has 4 rings (SSSR count). The molecular weight excluding hydrogens is 454 g/mol. The van der Waals surface area contributed by atoms with Gasteiger partial charge in [0.05, 0.1) is 10.7 Å². The van der Waals surface area contributed by atoms with Gasteiger partial charge in [0, 0.05) is 28.4 Å². The summed E-state index contributed by atoms with van der Waals surface area (Å²) in [5.74, 6) is 0.320. The lowest BCUT2D eigenvalue weighted by Gasteiger charge is -2.08. The number of carbonyl (C=O) groups is 1. The normalized spacial score (nSPS) is 11.5. The first kappa shape index (κ1) is 21.1. The van der Waals surface area contributed by atoms with Crippen molar-refractivity contribution in [2.45, 2.75) is 26.8 Å². The summed E-state index contributed by atoms with van der Waals surface area (Å²) >= 11 is 3.48. The number of nitrogens with zero attached hydrogens (tertiary/aromatic N) is 2. The van der Waals surface area contributed by atoms with E-state index in [0.29, 0.717) is 5.75 Å². The van der Waals surface area contributed by atoms with Crippen LogP contribution in [0.1, 0.15) is 25.0 Å². The lowest BCUT2D eigenvalue weighted by atomic mass is 10.1. The number of ether oxygens (including phenoxy) is 1. The van der Waals surface area contributed by atoms with Crippen LogP contribution in [0, 0.1) is 0 Å². The van der Waals surface area contributed by atoms with E-state index in [1.807, 2.05) is 24.3 Å². The number of para-hydroxylation sites is 1. The highest BCUT2D eigenvalue weighted by Crippen LogP contribution is 2.29. The minimum absolute atomic E-state index is 0.107. The molecule has 0 atom stereocenters. The third-order valence-electron chi connectivity index (χ3n) is 5.28. The van der Waals surface area contributed by atoms with E-state index in [-0.39, 0.29) is 12.5 Å². The second-order valence-electron chi connectivity index (χ2n) is 7.24. The Balaban J connectivity index is 1.43. The van der Waals surface area contributed by atoms with Crippen molar-refractivity contribution in [1.82, 2.24) is 9.99 Å². The molecule has 158 valence electrons. The van der Waals surface area contributed by atoms with Gasteiger partial charge < -0.3 is 9.30 Å². The highest BCUT2D eigenvalue weighted by molar-refractivity contribution is 9.10. The maximum atomic E-state index is 12.1. The van der Waals surface area contributed by atoms with Crippen LogP contribution in [-0.2, 0) is 17.8 Å². The van der Waals surface area contributed by atoms with E-state index < -0.39 is 0 Å². The Morgan fingerprint density at radius 1 is 1.06 bits per heavy atom. The van der Waals surface area contributed by atoms with Crippen LogP contribution in [0.5, 0.6) is 5.75 Å². The van der Waals surface area contributed by atoms with Gasteiger partial charge in [-0.2, -0.15) is 5.10 Å². The van der Waals surface area contributed by atoms with Crippen molar-refractivity contribution in [2.24, 2.45) is 5.10 Å². The van der Waals surface area contributed by atoms with Crippen LogP contribution in [0.25, 0.3) is 21.8 Å². The lowest BCUT2D eigenvalue weighted by molar-refractivity contribution is -0.123. The molecule has 1 N–H and O–H groups in total. The molecule has 1 heterocycles. The molecule has 0 fully saturated rings. The molecule has 0 radical (unpaired) electrons. The molecule has 5 nitrogen and oxygen atoms in total. The summed E-state index contributed by atoms with van der Waals surface area (Å²) in [4.78, 5) is 12.1. The summed E-state index contributed by atoms with van der Waals surface area (Å²) < 4.78 is 8.72. The molecule has 3 aromatic carbocycles. The summed E-state index contributed by atoms with van der Waals surface area (Å²) in [5, 5.41) is 6.49. The van der Waals surface area contributed by atoms with Gasteiger partial charge >= 0.3 is 0 Å². The first-order chi connectivity index (χ1) is 15.1. The van der Waals surface area contributed by atoms with Crippen LogP contribution < -0.4 is 10.2 Å². The first-order valence-electron chi connectivity index (χ1n) is 10.3. The molecule has 0 aliphatic rings. The van der Waals surface area contributed by atoms with Crippen molar-refractivity contribution in [3.8, 4) is 5.75 Å². The maximum Gasteiger partial charge on any atom is 0.277 e. The molecular formula is C25H24BrN3O2. The summed E-state index contributed by atoms with van der Waals surface area (Å²) in [6.45, 7) is 5.04. The molecule has 6 heteroatoms. The number of hydrogen-bond donors (Lipinski definition) is 1. The summed E-state index contributed by atoms with van der Waals surface area (Å²) in [6.07, 6.45) is 2.60. The van der Waals surface area contributed by atoms with Crippen molar-refractivity contribution in [3.05, 3.63) is 76.3 Å². The summed E-state index contributed by atoms with van der Waals surface area (Å²) in [5.41, 5.74) is 7.07. The minimum Gasteiger partial charge on any atom is -0.483 e. The number of hydrazone groups is 1. The van der Waals surface area contributed by atoms with E-state index in [4.69, 9.17) is 4.74 Å². The molecule has 0 unspecified atom stereocenters. The molecule has 0 aliphatic carbocycles. The van der Waals surface area contributed by atoms with Crippen molar-refractivity contribution < 1.29 is 9.53 Å². The predicted molar refractivity (Wildman–Crippen MR) is 130 cm³/mol. The fourth-order valence-electron chi connectivity index (χ4n) is 3.73. The van der Waals surface area contributed by atoms with E-state index >= 15 is 0 Å². The number of fused-ring (bicyclic) bond motifs is 3. The lowest BCUT2D eigenvalue weighted by Crippen LogP contribution is -2.24. The Kier molecular flexibility index (Phi) is 6.37. The number of carbonyl (C=O) groups excluding carboxylic acids is 1. The molecule has 0 saturated heterocycles. The Bertz CT molecular complexity index is 1280. The smallest absolute Gasteiger partial charge is 0.277 e. The van der Waals surface area contributed by atoms with Gasteiger partial charge in [-0.3, -0.25) is 4.79 Å². The zero-order valence-electron chi connectivity index (χ0n) is 17.6. The molecule has 4 aromatic rings. The summed E-state index contributed by atoms with van der Waals surface area (Å²) in [6, 6.07) is 20.4. The number of rotatable bonds is 7. The number of benzene rings is 3. The van der Waals surface area contributed by atoms with Crippen molar-refractivity contribution >= 4 is 49.9 Å². The topological polar surface area (TPSA) is 55.6 Å². The Morgan fingerprint density at radius 3 is 2.65 bits per heavy atom. The number of hydrogen-bond acceptors (Lipinski definition) is 3. The van der Waals surface area contributed by atoms with Crippen molar-refractivity contribution in [1.29, 1.82) is 0 Å². The standard InChI is InChI=1S/C25H24BrN3O2/c1-3-17-10-12-24(21(26)14-17)31-16-25(30)28-27-15-18-9-11-23-20(13-18)19-7-5-6-8-22(19)29(23)4-2/h5-15H,3-4,16H2,1-2H3,(H,28,30)/b27-15+. The van der Waals surface area contributed by atoms with E-state index in [1.54, 1.807) is 6.21 Å². The average Bonchev–Trinajstić information content (AvgIpc) is 3.11. The zero-order valence-corrected chi connectivity index (χ0v) is 19.1. The van der Waals surface area contributed by atoms with Gasteiger partial charge in [0.15, 0.2) is 6.61 Å². The van der Waals surface area contributed by atoms with Crippen LogP contribution in [0.4, 0.5) is 0 Å². The molecule has 1 aromatic heterocycles. The third-order valence-corrected chi connectivity index (χ3v) is 5.90. The predicted octanol–water partition coefficient (Wildman–Crippen LogP) is 5.67. The van der Waals surface area contributed by atoms with E-state index in [2.05, 4.69) is 81.3 Å². The molecule has 1 amide bonds. The molecule has 0 bridgehead atoms. The molecule has 0 spiro atoms. The van der Waals surface area contributed by atoms with Crippen molar-refractivity contribution in [2.75, 3.05) is 6.61 Å². The SMILES string of the molecule is CCc1ccc(OCC(=O)N/N=C/c2ccc3c(c2)c2ccccc2n3CC)c(Br)c1. The molecule has 31 heavy (non-hydrogen) atoms. The highest BCUT2D eigenvalue weighted by atomic mass is 79.9. The van der Waals surface area contributed by atoms with Crippen LogP contribution in [0.3, 0.4) is 0 Å². The van der Waals surface area contributed by atoms with Crippen LogP contribution >= 0.6 is 15.9 Å². The molecule has 0 saturated carbocycles. The van der Waals surface area contributed by atoms with Crippen LogP contribution in [0.15, 0.2) is 70.2 Å². The summed E-state index contributed by atoms with van der Waals surface area (Å²) in [7, 11) is 0. The van der Waals surface area contributed by atoms with Crippen molar-refractivity contribution in [3.63, 3.8) is 0 Å². The number of amides is 1. The van der Waals surface area contributed by atoms with Crippen LogP contribution in [-0.4, -0.2) is 23.3 Å². The van der Waals surface area contributed by atoms with Gasteiger partial charge in [0.2, 0.25) is 0 Å². The van der Waals surface area contributed by atoms with Gasteiger partial charge in [-0.1, -0.05) is 37.3 Å². The number of nitrogens with one attached hydrogen (secondary N) is 1. The monoisotopic (exact) mass is 477 g/mol. The second kappa shape index (κ2) is 9.35. The fraction of sp³-hybridized carbons (Fsp3) is 0.200. The maximum absolute atomic E-state index is 12.1. The van der Waals surface area contributed by atoms with E-state index in [1.165, 1.54) is 27.4 Å². The van der Waals surface area contributed by atoms with E-state index in [9.17, 15) is 4.79 Å². The number of halogens is 1. The zero-order chi connectivity index (χ0) is 21.8. The Labute approximate surface area is 189 Å². The highest BCUT2D eigenvalue weighted by Gasteiger charge is 2.09. The number of aromatic nitrogens is 1. The van der Waals surface area contributed by atoms with Gasteiger partial charge in [-0.05, 0) is 70.7 Å².